The molecule has 1 aromatic heterocycles. The normalized spacial score (nSPS) is 25.2. The van der Waals surface area contributed by atoms with Crippen molar-refractivity contribution >= 4 is 28.3 Å². The van der Waals surface area contributed by atoms with Crippen LogP contribution in [0.3, 0.4) is 0 Å². The lowest BCUT2D eigenvalue weighted by Gasteiger charge is -2.47. The highest BCUT2D eigenvalue weighted by atomic mass is 19.4. The van der Waals surface area contributed by atoms with Crippen molar-refractivity contribution < 1.29 is 27.9 Å². The summed E-state index contributed by atoms with van der Waals surface area (Å²) in [4.78, 5) is 28.2. The Morgan fingerprint density at radius 1 is 1.09 bits per heavy atom. The van der Waals surface area contributed by atoms with Crippen molar-refractivity contribution in [3.05, 3.63) is 59.4 Å². The average molecular weight is 596 g/mol. The van der Waals surface area contributed by atoms with Gasteiger partial charge in [-0.05, 0) is 60.1 Å². The quantitative estimate of drug-likeness (QED) is 0.399. The molecule has 3 fully saturated rings. The lowest BCUT2D eigenvalue weighted by atomic mass is 9.70. The van der Waals surface area contributed by atoms with Gasteiger partial charge in [-0.1, -0.05) is 37.6 Å². The molecule has 2 atom stereocenters. The summed E-state index contributed by atoms with van der Waals surface area (Å²) < 4.78 is 45.2. The van der Waals surface area contributed by atoms with E-state index in [-0.39, 0.29) is 30.6 Å². The largest absolute Gasteiger partial charge is 0.413 e. The zero-order valence-corrected chi connectivity index (χ0v) is 24.2. The van der Waals surface area contributed by atoms with Gasteiger partial charge in [-0.2, -0.15) is 18.3 Å². The van der Waals surface area contributed by atoms with E-state index >= 15 is 0 Å². The number of hydrogen-bond donors (Lipinski definition) is 2. The number of piperidine rings is 2. The van der Waals surface area contributed by atoms with Gasteiger partial charge in [0.05, 0.1) is 6.20 Å². The first-order chi connectivity index (χ1) is 20.5. The number of halogens is 3. The molecule has 7 rings (SSSR count). The van der Waals surface area contributed by atoms with Gasteiger partial charge in [-0.25, -0.2) is 0 Å². The van der Waals surface area contributed by atoms with Crippen LogP contribution in [-0.4, -0.2) is 63.5 Å². The summed E-state index contributed by atoms with van der Waals surface area (Å²) in [5, 5.41) is 19.6. The fraction of sp³-hybridized carbons (Fsp3) is 0.531. The summed E-state index contributed by atoms with van der Waals surface area (Å²) in [6, 6.07) is 8.64. The van der Waals surface area contributed by atoms with E-state index in [1.807, 2.05) is 30.3 Å². The van der Waals surface area contributed by atoms with Crippen LogP contribution < -0.4 is 10.2 Å². The number of alkyl halides is 3. The summed E-state index contributed by atoms with van der Waals surface area (Å²) in [6.07, 6.45) is 1.89. The van der Waals surface area contributed by atoms with Crippen LogP contribution in [0.25, 0.3) is 10.8 Å². The van der Waals surface area contributed by atoms with Crippen LogP contribution in [0, 0.1) is 5.41 Å². The molecule has 228 valence electrons. The summed E-state index contributed by atoms with van der Waals surface area (Å²) in [6.45, 7) is 3.87. The molecule has 1 aliphatic carbocycles. The number of carbonyl (C=O) groups is 2. The van der Waals surface area contributed by atoms with Crippen molar-refractivity contribution in [1.29, 1.82) is 0 Å². The molecule has 2 saturated heterocycles. The molecule has 4 aliphatic rings. The maximum absolute atomic E-state index is 14.7. The fourth-order valence-corrected chi connectivity index (χ4v) is 7.74. The second kappa shape index (κ2) is 10.1. The van der Waals surface area contributed by atoms with Crippen LogP contribution in [0.2, 0.25) is 0 Å². The highest BCUT2D eigenvalue weighted by Gasteiger charge is 2.58. The first-order valence-electron chi connectivity index (χ1n) is 15.2. The number of aliphatic hydroxyl groups is 1. The predicted octanol–water partition coefficient (Wildman–Crippen LogP) is 4.79. The standard InChI is InChI=1S/C32H36F3N5O3/c1-30(10-3-11-30)19-38-14-12-31(13-15-38,32(33,34)35)39-18-20(17-36-39)16-21-6-7-24-27-22(21)4-2-5-23(27)29(43)40(24)25-8-9-26(41)37-28(25)42/h2,4-7,17-18,25,29,43H,3,8-16,19H2,1H3,(H,37,41,42). The monoisotopic (exact) mass is 595 g/mol. The maximum atomic E-state index is 14.7. The van der Waals surface area contributed by atoms with Crippen LogP contribution in [0.15, 0.2) is 42.7 Å². The molecule has 0 bridgehead atoms. The summed E-state index contributed by atoms with van der Waals surface area (Å²) >= 11 is 0. The van der Waals surface area contributed by atoms with Crippen molar-refractivity contribution in [2.75, 3.05) is 24.5 Å². The Morgan fingerprint density at radius 2 is 1.86 bits per heavy atom. The van der Waals surface area contributed by atoms with E-state index in [9.17, 15) is 27.9 Å². The highest BCUT2D eigenvalue weighted by Crippen LogP contribution is 2.48. The number of likely N-dealkylation sites (tertiary alicyclic amines) is 1. The summed E-state index contributed by atoms with van der Waals surface area (Å²) in [7, 11) is 0. The molecule has 2 unspecified atom stereocenters. The van der Waals surface area contributed by atoms with Gasteiger partial charge in [-0.3, -0.25) is 19.6 Å². The van der Waals surface area contributed by atoms with Crippen molar-refractivity contribution in [2.24, 2.45) is 5.41 Å². The van der Waals surface area contributed by atoms with Gasteiger partial charge in [0, 0.05) is 55.3 Å². The molecule has 0 spiro atoms. The number of rotatable bonds is 6. The molecule has 4 heterocycles. The van der Waals surface area contributed by atoms with E-state index in [1.54, 1.807) is 11.1 Å². The Bertz CT molecular complexity index is 1590. The van der Waals surface area contributed by atoms with Crippen molar-refractivity contribution in [2.45, 2.75) is 82.3 Å². The molecular weight excluding hydrogens is 559 g/mol. The van der Waals surface area contributed by atoms with Gasteiger partial charge in [0.25, 0.3) is 0 Å². The van der Waals surface area contributed by atoms with Crippen LogP contribution in [0.4, 0.5) is 18.9 Å². The van der Waals surface area contributed by atoms with Crippen LogP contribution in [-0.2, 0) is 21.5 Å². The van der Waals surface area contributed by atoms with Crippen LogP contribution in [0.1, 0.15) is 74.8 Å². The fourth-order valence-electron chi connectivity index (χ4n) is 7.74. The molecule has 43 heavy (non-hydrogen) atoms. The number of imide groups is 1. The molecule has 3 aromatic rings. The van der Waals surface area contributed by atoms with Gasteiger partial charge in [-0.15, -0.1) is 0 Å². The Hall–Kier alpha value is -3.44. The average Bonchev–Trinajstić information content (AvgIpc) is 3.53. The van der Waals surface area contributed by atoms with Crippen LogP contribution in [0.5, 0.6) is 0 Å². The summed E-state index contributed by atoms with van der Waals surface area (Å²) in [5.74, 6) is -0.760. The number of anilines is 1. The molecule has 8 nitrogen and oxygen atoms in total. The zero-order valence-electron chi connectivity index (χ0n) is 24.2. The van der Waals surface area contributed by atoms with Crippen molar-refractivity contribution in [3.63, 3.8) is 0 Å². The topological polar surface area (TPSA) is 90.7 Å². The Kier molecular flexibility index (Phi) is 6.63. The molecule has 2 amide bonds. The molecular formula is C32H36F3N5O3. The first-order valence-corrected chi connectivity index (χ1v) is 15.2. The molecule has 2 aromatic carbocycles. The molecule has 3 aliphatic heterocycles. The minimum Gasteiger partial charge on any atom is -0.369 e. The maximum Gasteiger partial charge on any atom is 0.413 e. The third-order valence-electron chi connectivity index (χ3n) is 10.4. The Labute approximate surface area is 247 Å². The molecule has 1 saturated carbocycles. The minimum atomic E-state index is -4.43. The van der Waals surface area contributed by atoms with E-state index in [0.717, 1.165) is 40.4 Å². The lowest BCUT2D eigenvalue weighted by Crippen LogP contribution is -2.56. The molecule has 2 N–H and O–H groups in total. The third-order valence-corrected chi connectivity index (χ3v) is 10.4. The number of nitrogens with zero attached hydrogens (tertiary/aromatic N) is 4. The summed E-state index contributed by atoms with van der Waals surface area (Å²) in [5.41, 5.74) is 1.12. The first kappa shape index (κ1) is 28.3. The van der Waals surface area contributed by atoms with Gasteiger partial charge in [0.2, 0.25) is 11.8 Å². The van der Waals surface area contributed by atoms with Gasteiger partial charge < -0.3 is 14.9 Å². The van der Waals surface area contributed by atoms with Gasteiger partial charge in [0.1, 0.15) is 6.04 Å². The van der Waals surface area contributed by atoms with Gasteiger partial charge in [0.15, 0.2) is 11.8 Å². The van der Waals surface area contributed by atoms with Crippen LogP contribution >= 0.6 is 0 Å². The van der Waals surface area contributed by atoms with E-state index < -0.39 is 29.9 Å². The second-order valence-corrected chi connectivity index (χ2v) is 13.2. The van der Waals surface area contributed by atoms with Crippen molar-refractivity contribution in [3.8, 4) is 0 Å². The number of aliphatic hydroxyl groups excluding tert-OH is 1. The van der Waals surface area contributed by atoms with Crippen molar-refractivity contribution in [1.82, 2.24) is 20.0 Å². The predicted molar refractivity (Wildman–Crippen MR) is 154 cm³/mol. The Balaban J connectivity index is 1.15. The second-order valence-electron chi connectivity index (χ2n) is 13.2. The zero-order chi connectivity index (χ0) is 30.1. The van der Waals surface area contributed by atoms with Gasteiger partial charge >= 0.3 is 6.18 Å². The molecule has 11 heteroatoms. The molecule has 0 radical (unpaired) electrons. The smallest absolute Gasteiger partial charge is 0.369 e. The Morgan fingerprint density at radius 3 is 2.53 bits per heavy atom. The van der Waals surface area contributed by atoms with E-state index in [1.165, 1.54) is 12.6 Å². The lowest BCUT2D eigenvalue weighted by molar-refractivity contribution is -0.232. The number of amides is 2. The number of aromatic nitrogens is 2. The number of hydrogen-bond acceptors (Lipinski definition) is 6. The van der Waals surface area contributed by atoms with E-state index in [0.29, 0.717) is 42.7 Å². The third kappa shape index (κ3) is 4.63. The minimum absolute atomic E-state index is 0.0250. The highest BCUT2D eigenvalue weighted by molar-refractivity contribution is 6.06. The van der Waals surface area contributed by atoms with E-state index in [4.69, 9.17) is 0 Å². The van der Waals surface area contributed by atoms with E-state index in [2.05, 4.69) is 22.2 Å². The number of carbonyl (C=O) groups excluding carboxylic acids is 2. The SMILES string of the molecule is CC1(CN2CCC(n3cc(Cc4ccc5c6c(cccc46)C(O)N5C4CCC(=O)NC4=O)cn3)(C(F)(F)F)CC2)CCC1. The number of nitrogens with one attached hydrogen (secondary N) is 1. The number of benzene rings is 2.